The second kappa shape index (κ2) is 13.6. The van der Waals surface area contributed by atoms with E-state index in [0.717, 1.165) is 32.9 Å². The van der Waals surface area contributed by atoms with Gasteiger partial charge in [-0.05, 0) is 101 Å². The number of hydrogen-bond donors (Lipinski definition) is 1. The van der Waals surface area contributed by atoms with Crippen LogP contribution in [0.25, 0.3) is 25.7 Å². The third-order valence-corrected chi connectivity index (χ3v) is 11.3. The summed E-state index contributed by atoms with van der Waals surface area (Å²) in [7, 11) is 0. The minimum Gasteiger partial charge on any atom is -0.142 e. The fourth-order valence-corrected chi connectivity index (χ4v) is 9.02. The van der Waals surface area contributed by atoms with Gasteiger partial charge < -0.3 is 0 Å². The predicted molar refractivity (Wildman–Crippen MR) is 187 cm³/mol. The van der Waals surface area contributed by atoms with Crippen molar-refractivity contribution in [3.05, 3.63) is 148 Å². The van der Waals surface area contributed by atoms with Gasteiger partial charge in [-0.3, -0.25) is 0 Å². The zero-order chi connectivity index (χ0) is 28.1. The van der Waals surface area contributed by atoms with Gasteiger partial charge in [-0.15, -0.1) is 27.3 Å². The molecule has 0 amide bonds. The Balaban J connectivity index is 1.55. The molecule has 0 N–H and O–H groups in total. The van der Waals surface area contributed by atoms with Crippen LogP contribution in [0, 0.1) is 13.8 Å². The summed E-state index contributed by atoms with van der Waals surface area (Å²) in [4.78, 5) is 4.59. The van der Waals surface area contributed by atoms with Crippen molar-refractivity contribution in [3.8, 4) is 0 Å². The molecule has 0 fully saturated rings. The zero-order valence-electron chi connectivity index (χ0n) is 22.4. The smallest absolute Gasteiger partial charge is 0.0478 e. The van der Waals surface area contributed by atoms with Gasteiger partial charge in [0.1, 0.15) is 0 Å². The average molecular weight is 616 g/mol. The maximum atomic E-state index is 6.01. The van der Waals surface area contributed by atoms with E-state index < -0.39 is 0 Å². The minimum atomic E-state index is 0.614. The van der Waals surface area contributed by atoms with Crippen LogP contribution in [-0.2, 0) is 6.42 Å². The van der Waals surface area contributed by atoms with Crippen LogP contribution in [0.2, 0.25) is 0 Å². The molecule has 0 spiro atoms. The SMILES string of the molecule is C=Cc1ccc(C2=C(c3ccccc3C)SN(S/C(=C(\S)c3ccccc3C)c3ccc(CCCl)cc3)S2)cc1. The molecule has 202 valence electrons. The Morgan fingerprint density at radius 1 is 0.850 bits per heavy atom. The highest BCUT2D eigenvalue weighted by Crippen LogP contribution is 2.59. The monoisotopic (exact) mass is 615 g/mol. The molecule has 1 aliphatic heterocycles. The minimum absolute atomic E-state index is 0.614. The Kier molecular flexibility index (Phi) is 9.95. The Bertz CT molecular complexity index is 1570. The summed E-state index contributed by atoms with van der Waals surface area (Å²) < 4.78 is 2.30. The predicted octanol–water partition coefficient (Wildman–Crippen LogP) is 11.3. The second-order valence-electron chi connectivity index (χ2n) is 9.43. The van der Waals surface area contributed by atoms with E-state index in [1.165, 1.54) is 37.6 Å². The molecule has 1 heterocycles. The molecule has 4 aromatic rings. The van der Waals surface area contributed by atoms with Gasteiger partial charge in [-0.25, -0.2) is 0 Å². The molecule has 0 atom stereocenters. The maximum absolute atomic E-state index is 6.01. The molecule has 1 aliphatic rings. The standard InChI is InChI=1S/C34H30ClNS4/c1-4-25-13-17-28(18-14-25)33-34(30-12-8-6-10-24(30)3)40-36(39-33)38-32(27-19-15-26(16-20-27)21-22-35)31(37)29-11-7-5-9-23(29)2/h4-20,37H,1,21-22H2,2-3H3/b32-31-. The van der Waals surface area contributed by atoms with Gasteiger partial charge in [0.15, 0.2) is 0 Å². The molecule has 0 unspecified atom stereocenters. The first kappa shape index (κ1) is 29.2. The molecular weight excluding hydrogens is 586 g/mol. The van der Waals surface area contributed by atoms with Crippen molar-refractivity contribution in [2.45, 2.75) is 20.3 Å². The molecule has 5 rings (SSSR count). The van der Waals surface area contributed by atoms with Gasteiger partial charge in [-0.1, -0.05) is 110 Å². The largest absolute Gasteiger partial charge is 0.142 e. The molecule has 1 nitrogen and oxygen atoms in total. The fraction of sp³-hybridized carbons (Fsp3) is 0.118. The molecule has 0 saturated carbocycles. The van der Waals surface area contributed by atoms with E-state index in [4.69, 9.17) is 24.2 Å². The van der Waals surface area contributed by atoms with Crippen LogP contribution in [0.15, 0.2) is 104 Å². The first-order valence-corrected chi connectivity index (χ1v) is 16.3. The average Bonchev–Trinajstić information content (AvgIpc) is 3.40. The van der Waals surface area contributed by atoms with Crippen molar-refractivity contribution >= 4 is 85.8 Å². The van der Waals surface area contributed by atoms with Crippen molar-refractivity contribution in [3.63, 3.8) is 0 Å². The number of hydrogen-bond acceptors (Lipinski definition) is 5. The Hall–Kier alpha value is -2.25. The molecule has 0 aromatic heterocycles. The van der Waals surface area contributed by atoms with E-state index in [0.29, 0.717) is 5.88 Å². The fourth-order valence-electron chi connectivity index (χ4n) is 4.44. The third-order valence-electron chi connectivity index (χ3n) is 6.72. The lowest BCUT2D eigenvalue weighted by Crippen LogP contribution is -1.96. The van der Waals surface area contributed by atoms with Crippen molar-refractivity contribution in [2.24, 2.45) is 0 Å². The number of thiol groups is 1. The van der Waals surface area contributed by atoms with Gasteiger partial charge in [0, 0.05) is 25.5 Å². The van der Waals surface area contributed by atoms with E-state index in [2.05, 4.69) is 121 Å². The van der Waals surface area contributed by atoms with E-state index in [9.17, 15) is 0 Å². The summed E-state index contributed by atoms with van der Waals surface area (Å²) in [6, 6.07) is 34.4. The summed E-state index contributed by atoms with van der Waals surface area (Å²) in [5, 5.41) is 0. The summed E-state index contributed by atoms with van der Waals surface area (Å²) in [5.74, 6) is 0.614. The van der Waals surface area contributed by atoms with Gasteiger partial charge in [0.2, 0.25) is 0 Å². The van der Waals surface area contributed by atoms with Crippen molar-refractivity contribution < 1.29 is 0 Å². The number of benzene rings is 4. The Morgan fingerprint density at radius 2 is 1.50 bits per heavy atom. The summed E-state index contributed by atoms with van der Waals surface area (Å²) >= 11 is 16.4. The highest BCUT2D eigenvalue weighted by Gasteiger charge is 2.30. The van der Waals surface area contributed by atoms with Crippen LogP contribution < -0.4 is 0 Å². The Morgan fingerprint density at radius 3 is 2.15 bits per heavy atom. The van der Waals surface area contributed by atoms with Crippen molar-refractivity contribution in [2.75, 3.05) is 5.88 Å². The molecule has 0 aliphatic carbocycles. The van der Waals surface area contributed by atoms with Gasteiger partial charge >= 0.3 is 0 Å². The first-order valence-electron chi connectivity index (χ1n) is 13.0. The quantitative estimate of drug-likeness (QED) is 0.0862. The summed E-state index contributed by atoms with van der Waals surface area (Å²) in [6.45, 7) is 8.24. The number of nitrogens with zero attached hydrogens (tertiary/aromatic N) is 1. The number of alkyl halides is 1. The number of halogens is 1. The van der Waals surface area contributed by atoms with E-state index in [1.807, 2.05) is 6.08 Å². The molecule has 0 saturated heterocycles. The van der Waals surface area contributed by atoms with Crippen LogP contribution in [0.1, 0.15) is 44.5 Å². The molecule has 4 aromatic carbocycles. The van der Waals surface area contributed by atoms with Gasteiger partial charge in [-0.2, -0.15) is 0 Å². The van der Waals surface area contributed by atoms with Crippen LogP contribution in [-0.4, -0.2) is 9.00 Å². The topological polar surface area (TPSA) is 3.24 Å². The Labute approximate surface area is 261 Å². The highest BCUT2D eigenvalue weighted by atomic mass is 35.5. The van der Waals surface area contributed by atoms with E-state index in [-0.39, 0.29) is 0 Å². The molecule has 6 heteroatoms. The van der Waals surface area contributed by atoms with Crippen LogP contribution >= 0.6 is 60.1 Å². The van der Waals surface area contributed by atoms with Gasteiger partial charge in [0.25, 0.3) is 0 Å². The molecule has 40 heavy (non-hydrogen) atoms. The van der Waals surface area contributed by atoms with Crippen molar-refractivity contribution in [1.29, 1.82) is 0 Å². The molecule has 0 radical (unpaired) electrons. The lowest BCUT2D eigenvalue weighted by molar-refractivity contribution is 1.15. The van der Waals surface area contributed by atoms with Crippen LogP contribution in [0.3, 0.4) is 0 Å². The number of aryl methyl sites for hydroxylation is 3. The number of rotatable bonds is 9. The second-order valence-corrected chi connectivity index (χ2v) is 13.8. The summed E-state index contributed by atoms with van der Waals surface area (Å²) in [6.07, 6.45) is 2.74. The highest BCUT2D eigenvalue weighted by molar-refractivity contribution is 8.36. The maximum Gasteiger partial charge on any atom is 0.0478 e. The van der Waals surface area contributed by atoms with Crippen LogP contribution in [0.5, 0.6) is 0 Å². The molecule has 0 bridgehead atoms. The third kappa shape index (κ3) is 6.62. The lowest BCUT2D eigenvalue weighted by atomic mass is 10.1. The van der Waals surface area contributed by atoms with E-state index in [1.54, 1.807) is 35.8 Å². The van der Waals surface area contributed by atoms with Crippen LogP contribution in [0.4, 0.5) is 0 Å². The van der Waals surface area contributed by atoms with Crippen molar-refractivity contribution in [1.82, 2.24) is 3.12 Å². The van der Waals surface area contributed by atoms with E-state index >= 15 is 0 Å². The molecular formula is C34H30ClNS4. The first-order chi connectivity index (χ1) is 19.5. The normalized spacial score (nSPS) is 14.4. The zero-order valence-corrected chi connectivity index (χ0v) is 26.5. The lowest BCUT2D eigenvalue weighted by Gasteiger charge is -2.19. The summed E-state index contributed by atoms with van der Waals surface area (Å²) in [5.41, 5.74) is 9.55. The van der Waals surface area contributed by atoms with Gasteiger partial charge in [0.05, 0.1) is 0 Å².